The molecule has 0 aliphatic carbocycles. The molecule has 0 saturated carbocycles. The van der Waals surface area contributed by atoms with Crippen LogP contribution in [0.4, 0.5) is 10.1 Å². The Bertz CT molecular complexity index is 1040. The van der Waals surface area contributed by atoms with Crippen LogP contribution in [0.15, 0.2) is 60.7 Å². The summed E-state index contributed by atoms with van der Waals surface area (Å²) in [7, 11) is 0. The van der Waals surface area contributed by atoms with Gasteiger partial charge < -0.3 is 4.74 Å². The van der Waals surface area contributed by atoms with Gasteiger partial charge in [0.25, 0.3) is 0 Å². The number of benzene rings is 3. The maximum Gasteiger partial charge on any atom is 0.305 e. The molecule has 3 aromatic carbocycles. The zero-order valence-electron chi connectivity index (χ0n) is 15.7. The largest absolute Gasteiger partial charge is 0.455 e. The van der Waals surface area contributed by atoms with Gasteiger partial charge in [0.15, 0.2) is 0 Å². The van der Waals surface area contributed by atoms with Crippen molar-refractivity contribution in [3.8, 4) is 22.6 Å². The Labute approximate surface area is 167 Å². The number of hydrogen-bond acceptors (Lipinski definition) is 3. The topological polar surface area (TPSA) is 52.4 Å². The SMILES string of the molecule is CC(C)(C)c1ccc(Cl)c(Oc2ccccc2-c2cccc([N+](=O)[O-])c2F)c1. The van der Waals surface area contributed by atoms with Crippen LogP contribution in [0.5, 0.6) is 11.5 Å². The summed E-state index contributed by atoms with van der Waals surface area (Å²) in [6.07, 6.45) is 0. The molecule has 0 atom stereocenters. The number of rotatable bonds is 4. The fourth-order valence-electron chi connectivity index (χ4n) is 2.81. The standard InChI is InChI=1S/C22H19ClFNO3/c1-22(2,3)14-11-12-17(23)20(13-14)28-19-10-5-4-7-15(19)16-8-6-9-18(21(16)24)25(26)27/h4-13H,1-3H3. The van der Waals surface area contributed by atoms with Crippen molar-refractivity contribution in [1.29, 1.82) is 0 Å². The molecule has 0 aliphatic heterocycles. The average molecular weight is 400 g/mol. The third kappa shape index (κ3) is 3.99. The van der Waals surface area contributed by atoms with Crippen molar-refractivity contribution in [3.05, 3.63) is 87.2 Å². The first-order chi connectivity index (χ1) is 13.2. The van der Waals surface area contributed by atoms with Crippen LogP contribution in [0.2, 0.25) is 5.02 Å². The van der Waals surface area contributed by atoms with E-state index in [4.69, 9.17) is 16.3 Å². The highest BCUT2D eigenvalue weighted by Gasteiger charge is 2.21. The van der Waals surface area contributed by atoms with Crippen LogP contribution in [0.3, 0.4) is 0 Å². The predicted molar refractivity (Wildman–Crippen MR) is 109 cm³/mol. The lowest BCUT2D eigenvalue weighted by molar-refractivity contribution is -0.387. The van der Waals surface area contributed by atoms with E-state index in [0.717, 1.165) is 11.6 Å². The van der Waals surface area contributed by atoms with Gasteiger partial charge in [-0.3, -0.25) is 10.1 Å². The average Bonchev–Trinajstić information content (AvgIpc) is 2.63. The van der Waals surface area contributed by atoms with Gasteiger partial charge in [-0.2, -0.15) is 4.39 Å². The molecule has 28 heavy (non-hydrogen) atoms. The first-order valence-electron chi connectivity index (χ1n) is 8.68. The van der Waals surface area contributed by atoms with Gasteiger partial charge in [0.1, 0.15) is 11.5 Å². The van der Waals surface area contributed by atoms with Crippen molar-refractivity contribution in [3.63, 3.8) is 0 Å². The molecule has 4 nitrogen and oxygen atoms in total. The summed E-state index contributed by atoms with van der Waals surface area (Å²) in [6.45, 7) is 6.23. The van der Waals surface area contributed by atoms with E-state index in [-0.39, 0.29) is 11.0 Å². The van der Waals surface area contributed by atoms with E-state index >= 15 is 0 Å². The van der Waals surface area contributed by atoms with E-state index in [0.29, 0.717) is 22.1 Å². The van der Waals surface area contributed by atoms with Crippen molar-refractivity contribution in [2.45, 2.75) is 26.2 Å². The first kappa shape index (κ1) is 19.8. The van der Waals surface area contributed by atoms with E-state index in [9.17, 15) is 14.5 Å². The number of para-hydroxylation sites is 1. The van der Waals surface area contributed by atoms with E-state index in [2.05, 4.69) is 20.8 Å². The van der Waals surface area contributed by atoms with Crippen LogP contribution in [-0.4, -0.2) is 4.92 Å². The van der Waals surface area contributed by atoms with Gasteiger partial charge in [-0.05, 0) is 29.2 Å². The third-order valence-electron chi connectivity index (χ3n) is 4.37. The molecule has 0 bridgehead atoms. The van der Waals surface area contributed by atoms with Crippen molar-refractivity contribution in [2.75, 3.05) is 0 Å². The number of nitro groups is 1. The molecule has 0 N–H and O–H groups in total. The molecule has 3 rings (SSSR count). The lowest BCUT2D eigenvalue weighted by atomic mass is 9.87. The van der Waals surface area contributed by atoms with Gasteiger partial charge in [0.05, 0.1) is 9.95 Å². The van der Waals surface area contributed by atoms with Crippen molar-refractivity contribution in [2.24, 2.45) is 0 Å². The van der Waals surface area contributed by atoms with Gasteiger partial charge >= 0.3 is 5.69 Å². The van der Waals surface area contributed by atoms with Crippen LogP contribution in [-0.2, 0) is 5.41 Å². The molecule has 0 heterocycles. The van der Waals surface area contributed by atoms with Gasteiger partial charge in [0, 0.05) is 17.2 Å². The Balaban J connectivity index is 2.09. The molecule has 0 unspecified atom stereocenters. The second kappa shape index (κ2) is 7.60. The Hall–Kier alpha value is -2.92. The second-order valence-corrected chi connectivity index (χ2v) is 7.80. The van der Waals surface area contributed by atoms with Crippen LogP contribution < -0.4 is 4.74 Å². The summed E-state index contributed by atoms with van der Waals surface area (Å²) in [6, 6.07) is 16.4. The van der Waals surface area contributed by atoms with Gasteiger partial charge in [-0.1, -0.05) is 68.8 Å². The van der Waals surface area contributed by atoms with Crippen LogP contribution in [0, 0.1) is 15.9 Å². The third-order valence-corrected chi connectivity index (χ3v) is 4.68. The maximum atomic E-state index is 14.7. The molecule has 0 aliphatic rings. The molecule has 0 amide bonds. The summed E-state index contributed by atoms with van der Waals surface area (Å²) in [5, 5.41) is 11.5. The van der Waals surface area contributed by atoms with Crippen molar-refractivity contribution >= 4 is 17.3 Å². The second-order valence-electron chi connectivity index (χ2n) is 7.39. The van der Waals surface area contributed by atoms with Gasteiger partial charge in [-0.15, -0.1) is 0 Å². The molecule has 0 aromatic heterocycles. The highest BCUT2D eigenvalue weighted by Crippen LogP contribution is 2.40. The fraction of sp³-hybridized carbons (Fsp3) is 0.182. The molecular weight excluding hydrogens is 381 g/mol. The number of nitro benzene ring substituents is 1. The van der Waals surface area contributed by atoms with Crippen LogP contribution in [0.1, 0.15) is 26.3 Å². The minimum Gasteiger partial charge on any atom is -0.455 e. The summed E-state index contributed by atoms with van der Waals surface area (Å²) in [5.74, 6) is -0.111. The lowest BCUT2D eigenvalue weighted by Crippen LogP contribution is -2.10. The molecule has 144 valence electrons. The van der Waals surface area contributed by atoms with E-state index < -0.39 is 16.4 Å². The van der Waals surface area contributed by atoms with Gasteiger partial charge in [-0.25, -0.2) is 0 Å². The normalized spacial score (nSPS) is 11.3. The zero-order chi connectivity index (χ0) is 20.5. The predicted octanol–water partition coefficient (Wildman–Crippen LogP) is 7.14. The lowest BCUT2D eigenvalue weighted by Gasteiger charge is -2.21. The first-order valence-corrected chi connectivity index (χ1v) is 9.06. The summed E-state index contributed by atoms with van der Waals surface area (Å²) >= 11 is 6.30. The van der Waals surface area contributed by atoms with Crippen molar-refractivity contribution in [1.82, 2.24) is 0 Å². The summed E-state index contributed by atoms with van der Waals surface area (Å²) < 4.78 is 20.7. The summed E-state index contributed by atoms with van der Waals surface area (Å²) in [5.41, 5.74) is 0.841. The Morgan fingerprint density at radius 3 is 2.32 bits per heavy atom. The van der Waals surface area contributed by atoms with Crippen LogP contribution in [0.25, 0.3) is 11.1 Å². The maximum absolute atomic E-state index is 14.7. The molecule has 3 aromatic rings. The minimum absolute atomic E-state index is 0.0906. The fourth-order valence-corrected chi connectivity index (χ4v) is 2.97. The highest BCUT2D eigenvalue weighted by atomic mass is 35.5. The van der Waals surface area contributed by atoms with E-state index in [1.54, 1.807) is 30.3 Å². The number of halogens is 2. The van der Waals surface area contributed by atoms with E-state index in [1.165, 1.54) is 12.1 Å². The minimum atomic E-state index is -0.905. The Kier molecular flexibility index (Phi) is 5.38. The highest BCUT2D eigenvalue weighted by molar-refractivity contribution is 6.32. The quantitative estimate of drug-likeness (QED) is 0.346. The molecular formula is C22H19ClFNO3. The molecule has 0 spiro atoms. The Morgan fingerprint density at radius 2 is 1.64 bits per heavy atom. The van der Waals surface area contributed by atoms with Gasteiger partial charge in [0.2, 0.25) is 5.82 Å². The molecule has 0 saturated heterocycles. The van der Waals surface area contributed by atoms with Crippen LogP contribution >= 0.6 is 11.6 Å². The number of hydrogen-bond donors (Lipinski definition) is 0. The summed E-state index contributed by atoms with van der Waals surface area (Å²) in [4.78, 5) is 10.3. The molecule has 0 radical (unpaired) electrons. The monoisotopic (exact) mass is 399 g/mol. The zero-order valence-corrected chi connectivity index (χ0v) is 16.5. The van der Waals surface area contributed by atoms with E-state index in [1.807, 2.05) is 12.1 Å². The Morgan fingerprint density at radius 1 is 0.964 bits per heavy atom. The smallest absolute Gasteiger partial charge is 0.305 e. The molecule has 6 heteroatoms. The number of nitrogens with zero attached hydrogens (tertiary/aromatic N) is 1. The van der Waals surface area contributed by atoms with Crippen molar-refractivity contribution < 1.29 is 14.1 Å². The molecule has 0 fully saturated rings. The number of ether oxygens (including phenoxy) is 1.